The van der Waals surface area contributed by atoms with Gasteiger partial charge in [-0.05, 0) is 144 Å². The van der Waals surface area contributed by atoms with E-state index in [0.717, 1.165) is 12.5 Å². The first-order valence-corrected chi connectivity index (χ1v) is 37.8. The fourth-order valence-electron chi connectivity index (χ4n) is 5.71. The van der Waals surface area contributed by atoms with Gasteiger partial charge in [0.25, 0.3) is 0 Å². The third-order valence-corrected chi connectivity index (χ3v) is 20.4. The number of hydrogen-bond donors (Lipinski definition) is 1. The largest absolute Gasteiger partial charge is 0.465 e. The second kappa shape index (κ2) is 43.6. The predicted octanol–water partition coefficient (Wildman–Crippen LogP) is 9.06. The molecule has 0 saturated heterocycles. The first-order valence-electron chi connectivity index (χ1n) is 24.4. The predicted molar refractivity (Wildman–Crippen MR) is 300 cm³/mol. The van der Waals surface area contributed by atoms with E-state index in [0.29, 0.717) is 95.4 Å². The van der Waals surface area contributed by atoms with Crippen molar-refractivity contribution in [3.05, 3.63) is 36.5 Å². The van der Waals surface area contributed by atoms with Crippen molar-refractivity contribution < 1.29 is 84.7 Å². The first kappa shape index (κ1) is 79.4. The number of carbonyl (C=O) groups is 5. The van der Waals surface area contributed by atoms with Crippen molar-refractivity contribution >= 4 is 74.0 Å². The zero-order valence-electron chi connectivity index (χ0n) is 48.9. The van der Waals surface area contributed by atoms with Crippen molar-refractivity contribution in [1.29, 1.82) is 0 Å². The number of esters is 4. The van der Waals surface area contributed by atoms with Gasteiger partial charge in [0.15, 0.2) is 25.0 Å². The number of rotatable bonds is 34. The quantitative estimate of drug-likeness (QED) is 0.0159. The Bertz CT molecular complexity index is 1540. The minimum absolute atomic E-state index is 0.0870. The number of allylic oxidation sites excluding steroid dienone is 1. The Morgan fingerprint density at radius 1 is 0.479 bits per heavy atom. The van der Waals surface area contributed by atoms with Crippen LogP contribution in [0.2, 0.25) is 71.5 Å². The highest BCUT2D eigenvalue weighted by atomic mass is 35.5. The Hall–Kier alpha value is -2.43. The Kier molecular flexibility index (Phi) is 47.5. The van der Waals surface area contributed by atoms with Crippen molar-refractivity contribution in [3.8, 4) is 0 Å². The molecule has 0 radical (unpaired) electrons. The molecule has 432 valence electrons. The molecule has 0 unspecified atom stereocenters. The van der Waals surface area contributed by atoms with Crippen LogP contribution >= 0.6 is 11.6 Å². The van der Waals surface area contributed by atoms with Gasteiger partial charge in [0, 0.05) is 38.0 Å². The lowest BCUT2D eigenvalue weighted by Gasteiger charge is -2.32. The fourth-order valence-corrected chi connectivity index (χ4v) is 21.1. The third kappa shape index (κ3) is 57.1. The van der Waals surface area contributed by atoms with Crippen LogP contribution in [0.4, 0.5) is 0 Å². The molecule has 23 heteroatoms. The van der Waals surface area contributed by atoms with Gasteiger partial charge in [0.05, 0.1) is 83.5 Å². The number of hydrogen-bond acceptors (Lipinski definition) is 18. The van der Waals surface area contributed by atoms with E-state index in [-0.39, 0.29) is 43.7 Å². The zero-order valence-corrected chi connectivity index (χ0v) is 53.7. The van der Waals surface area contributed by atoms with Gasteiger partial charge in [-0.3, -0.25) is 14.4 Å². The summed E-state index contributed by atoms with van der Waals surface area (Å²) >= 11 is 4.87. The van der Waals surface area contributed by atoms with Crippen LogP contribution in [-0.4, -0.2) is 181 Å². The summed E-state index contributed by atoms with van der Waals surface area (Å²) < 4.78 is 62.7. The molecule has 0 aromatic rings. The Morgan fingerprint density at radius 2 is 0.808 bits per heavy atom. The molecule has 0 atom stereocenters. The second-order valence-electron chi connectivity index (χ2n) is 21.1. The van der Waals surface area contributed by atoms with E-state index in [4.69, 9.17) is 67.6 Å². The van der Waals surface area contributed by atoms with Crippen LogP contribution in [-0.2, 0) is 79.6 Å². The van der Waals surface area contributed by atoms with Crippen LogP contribution in [0.1, 0.15) is 61.3 Å². The highest BCUT2D eigenvalue weighted by molar-refractivity contribution is 6.84. The molecule has 1 N–H and O–H groups in total. The monoisotopic (exact) mass is 1140 g/mol. The topological polar surface area (TPSA) is 216 Å². The summed E-state index contributed by atoms with van der Waals surface area (Å²) in [6.45, 7) is 49.1. The van der Waals surface area contributed by atoms with Crippen molar-refractivity contribution in [1.82, 2.24) is 0 Å². The highest BCUT2D eigenvalue weighted by Gasteiger charge is 2.41. The number of aliphatic hydroxyl groups excluding tert-OH is 1. The Balaban J connectivity index is -0.000000303. The number of methoxy groups -OCH3 is 3. The van der Waals surface area contributed by atoms with E-state index in [1.807, 2.05) is 13.8 Å². The van der Waals surface area contributed by atoms with E-state index in [1.165, 1.54) is 0 Å². The first-order chi connectivity index (χ1) is 33.3. The summed E-state index contributed by atoms with van der Waals surface area (Å²) in [7, 11) is -1.90. The summed E-state index contributed by atoms with van der Waals surface area (Å²) in [5.41, 5.74) is -0.379. The Morgan fingerprint density at radius 3 is 1.15 bits per heavy atom. The van der Waals surface area contributed by atoms with Crippen LogP contribution in [0.3, 0.4) is 0 Å². The maximum Gasteiger partial charge on any atom is 0.333 e. The lowest BCUT2D eigenvalue weighted by atomic mass is 9.75. The molecular formula is C50H101ClO18Si4. The molecule has 0 heterocycles. The number of halogens is 1. The molecule has 0 amide bonds. The molecule has 73 heavy (non-hydrogen) atoms. The fraction of sp³-hybridized carbons (Fsp3) is 0.780. The van der Waals surface area contributed by atoms with Gasteiger partial charge in [-0.15, -0.1) is 0 Å². The molecule has 0 saturated carbocycles. The summed E-state index contributed by atoms with van der Waals surface area (Å²) in [6.07, 6.45) is 1.53. The van der Waals surface area contributed by atoms with Gasteiger partial charge in [-0.2, -0.15) is 0 Å². The molecule has 0 spiro atoms. The number of ether oxygens (including phenoxy) is 10. The molecule has 18 nitrogen and oxygen atoms in total. The second-order valence-corrected chi connectivity index (χ2v) is 39.4. The summed E-state index contributed by atoms with van der Waals surface area (Å²) in [4.78, 5) is 57.0. The SMILES string of the molecule is C=C(C)C(=O)Cl.C=C(C)C(=O)OCCOCCOC.C=C(C)C(=O)OC[Si](C)(C)O[Si](C)(C)C.COCCOCCO.COCCOCCOC(=O)C(C)(C)CC(C)(C)C(=O)OCCC[Si](C)(C)O[Si](C)(C)C. The molecule has 0 aromatic heterocycles. The van der Waals surface area contributed by atoms with E-state index in [9.17, 15) is 24.0 Å². The molecule has 0 rings (SSSR count). The third-order valence-electron chi connectivity index (χ3n) is 8.35. The van der Waals surface area contributed by atoms with Crippen molar-refractivity contribution in [2.45, 2.75) is 133 Å². The number of carbonyl (C=O) groups excluding carboxylic acids is 5. The van der Waals surface area contributed by atoms with Crippen molar-refractivity contribution in [2.24, 2.45) is 10.8 Å². The summed E-state index contributed by atoms with van der Waals surface area (Å²) in [6, 6.07) is 0.954. The number of aliphatic hydroxyl groups is 1. The minimum Gasteiger partial charge on any atom is -0.465 e. The van der Waals surface area contributed by atoms with Crippen molar-refractivity contribution in [2.75, 3.05) is 113 Å². The smallest absolute Gasteiger partial charge is 0.333 e. The minimum atomic E-state index is -1.87. The van der Waals surface area contributed by atoms with Crippen LogP contribution in [0.25, 0.3) is 0 Å². The maximum absolute atomic E-state index is 12.7. The molecule has 0 bridgehead atoms. The summed E-state index contributed by atoms with van der Waals surface area (Å²) in [5.74, 6) is -1.34. The van der Waals surface area contributed by atoms with E-state index < -0.39 is 49.3 Å². The van der Waals surface area contributed by atoms with Gasteiger partial charge in [0.2, 0.25) is 13.6 Å². The highest BCUT2D eigenvalue weighted by Crippen LogP contribution is 2.36. The average molecular weight is 1140 g/mol. The Labute approximate surface area is 450 Å². The van der Waals surface area contributed by atoms with E-state index >= 15 is 0 Å². The van der Waals surface area contributed by atoms with Crippen LogP contribution in [0.15, 0.2) is 36.5 Å². The van der Waals surface area contributed by atoms with Crippen molar-refractivity contribution in [3.63, 3.8) is 0 Å². The van der Waals surface area contributed by atoms with Gasteiger partial charge in [-0.25, -0.2) is 9.59 Å². The van der Waals surface area contributed by atoms with Gasteiger partial charge in [-0.1, -0.05) is 19.7 Å². The van der Waals surface area contributed by atoms with Crippen LogP contribution < -0.4 is 0 Å². The summed E-state index contributed by atoms with van der Waals surface area (Å²) in [5, 5.41) is 7.74. The molecule has 0 aliphatic heterocycles. The lowest BCUT2D eigenvalue weighted by Crippen LogP contribution is -2.46. The molecular weight excluding hydrogens is 1040 g/mol. The average Bonchev–Trinajstić information content (AvgIpc) is 3.24. The van der Waals surface area contributed by atoms with Gasteiger partial charge < -0.3 is 60.7 Å². The van der Waals surface area contributed by atoms with E-state index in [1.54, 1.807) is 55.9 Å². The van der Waals surface area contributed by atoms with Crippen LogP contribution in [0.5, 0.6) is 0 Å². The molecule has 0 aliphatic rings. The normalized spacial score (nSPS) is 11.6. The molecule has 0 fully saturated rings. The van der Waals surface area contributed by atoms with E-state index in [2.05, 4.69) is 89.9 Å². The zero-order chi connectivity index (χ0) is 58.1. The van der Waals surface area contributed by atoms with Gasteiger partial charge >= 0.3 is 23.9 Å². The van der Waals surface area contributed by atoms with Crippen LogP contribution in [0, 0.1) is 10.8 Å². The standard InChI is InChI=1S/C22H46O7Si2.C10H22O3Si2.C9H16O4.C5H12O3.C4H5ClO/c1-21(2,18-22(3,4)20(24)28-16-15-26-14-13-25-5)19(23)27-12-11-17-31(9,10)29-30(6,7)8;1-9(2)10(11)12-8-15(6,7)13-14(3,4)5;1-8(2)9(10)13-7-6-12-5-4-11-3;1-7-4-5-8-3-2-6;1-3(2)4(5)6/h11-18H2,1-10H3;1,8H2,2-7H3;1,4-7H2,2-3H3;6H,2-5H2,1H3;1H2,2H3. The lowest BCUT2D eigenvalue weighted by molar-refractivity contribution is -0.163. The molecule has 0 aliphatic carbocycles. The maximum atomic E-state index is 12.7. The van der Waals surface area contributed by atoms with Gasteiger partial charge in [0.1, 0.15) is 19.4 Å². The molecule has 0 aromatic carbocycles.